The van der Waals surface area contributed by atoms with E-state index in [1.807, 2.05) is 0 Å². The molecule has 0 aromatic heterocycles. The van der Waals surface area contributed by atoms with E-state index in [1.165, 1.54) is 14.2 Å². The highest BCUT2D eigenvalue weighted by Gasteiger charge is 2.35. The first kappa shape index (κ1) is 10.3. The van der Waals surface area contributed by atoms with Crippen molar-refractivity contribution in [2.45, 2.75) is 6.55 Å². The molecule has 0 amide bonds. The van der Waals surface area contributed by atoms with Crippen LogP contribution in [0.25, 0.3) is 0 Å². The van der Waals surface area contributed by atoms with Crippen LogP contribution in [0, 0.1) is 0 Å². The smallest absolute Gasteiger partial charge is 0.470 e. The minimum atomic E-state index is -2.70. The van der Waals surface area contributed by atoms with Gasteiger partial charge in [-0.15, -0.1) is 0 Å². The molecule has 5 heteroatoms. The van der Waals surface area contributed by atoms with Crippen molar-refractivity contribution in [1.82, 2.24) is 0 Å². The Morgan fingerprint density at radius 2 is 1.91 bits per heavy atom. The first-order chi connectivity index (χ1) is 5.08. The molecule has 0 aliphatic rings. The van der Waals surface area contributed by atoms with E-state index in [0.717, 1.165) is 6.08 Å². The molecular weight excluding hydrogens is 164 g/mol. The summed E-state index contributed by atoms with van der Waals surface area (Å²) in [6.45, 7) is 4.87. The van der Waals surface area contributed by atoms with Crippen LogP contribution in [-0.2, 0) is 18.1 Å². The van der Waals surface area contributed by atoms with Crippen molar-refractivity contribution in [2.75, 3.05) is 14.2 Å². The maximum Gasteiger partial charge on any atom is 0.564 e. The molecule has 11 heavy (non-hydrogen) atoms. The van der Waals surface area contributed by atoms with Gasteiger partial charge in [-0.05, 0) is 0 Å². The van der Waals surface area contributed by atoms with Crippen molar-refractivity contribution in [3.63, 3.8) is 0 Å². The van der Waals surface area contributed by atoms with Gasteiger partial charge in [0.05, 0.1) is 0 Å². The SMILES string of the molecule is C=CC(=O)O[Si](C)(OC)OC. The van der Waals surface area contributed by atoms with Gasteiger partial charge in [-0.25, -0.2) is 4.79 Å². The molecule has 0 radical (unpaired) electrons. The van der Waals surface area contributed by atoms with Gasteiger partial charge in [0.25, 0.3) is 0 Å². The van der Waals surface area contributed by atoms with Crippen molar-refractivity contribution >= 4 is 14.8 Å². The van der Waals surface area contributed by atoms with Gasteiger partial charge in [-0.1, -0.05) is 6.58 Å². The summed E-state index contributed by atoms with van der Waals surface area (Å²) in [7, 11) is 0.171. The van der Waals surface area contributed by atoms with E-state index in [4.69, 9.17) is 13.3 Å². The Kier molecular flexibility index (Phi) is 4.02. The molecule has 64 valence electrons. The van der Waals surface area contributed by atoms with Gasteiger partial charge in [0, 0.05) is 26.8 Å². The molecular formula is C6H12O4Si. The third kappa shape index (κ3) is 3.31. The van der Waals surface area contributed by atoms with Crippen LogP contribution in [0.1, 0.15) is 0 Å². The van der Waals surface area contributed by atoms with E-state index < -0.39 is 14.8 Å². The van der Waals surface area contributed by atoms with Crippen molar-refractivity contribution < 1.29 is 18.1 Å². The van der Waals surface area contributed by atoms with Crippen LogP contribution in [0.2, 0.25) is 6.55 Å². The molecule has 0 aliphatic heterocycles. The van der Waals surface area contributed by atoms with E-state index >= 15 is 0 Å². The Morgan fingerprint density at radius 3 is 2.18 bits per heavy atom. The van der Waals surface area contributed by atoms with E-state index in [1.54, 1.807) is 6.55 Å². The van der Waals surface area contributed by atoms with Crippen molar-refractivity contribution in [2.24, 2.45) is 0 Å². The van der Waals surface area contributed by atoms with Gasteiger partial charge in [0.1, 0.15) is 0 Å². The summed E-state index contributed by atoms with van der Waals surface area (Å²) >= 11 is 0. The zero-order valence-corrected chi connectivity index (χ0v) is 7.92. The van der Waals surface area contributed by atoms with Crippen molar-refractivity contribution in [1.29, 1.82) is 0 Å². The Labute approximate surface area is 67.1 Å². The van der Waals surface area contributed by atoms with Crippen molar-refractivity contribution in [3.05, 3.63) is 12.7 Å². The van der Waals surface area contributed by atoms with Gasteiger partial charge in [-0.2, -0.15) is 0 Å². The molecule has 0 spiro atoms. The maximum absolute atomic E-state index is 10.7. The fourth-order valence-corrected chi connectivity index (χ4v) is 1.17. The molecule has 0 N–H and O–H groups in total. The minimum absolute atomic E-state index is 0.525. The summed E-state index contributed by atoms with van der Waals surface area (Å²) in [5, 5.41) is 0. The van der Waals surface area contributed by atoms with Crippen LogP contribution >= 0.6 is 0 Å². The van der Waals surface area contributed by atoms with E-state index in [9.17, 15) is 4.79 Å². The Morgan fingerprint density at radius 1 is 1.45 bits per heavy atom. The molecule has 0 atom stereocenters. The van der Waals surface area contributed by atoms with Crippen LogP contribution in [0.15, 0.2) is 12.7 Å². The van der Waals surface area contributed by atoms with Crippen LogP contribution in [-0.4, -0.2) is 29.0 Å². The third-order valence-electron chi connectivity index (χ3n) is 1.19. The minimum Gasteiger partial charge on any atom is -0.470 e. The summed E-state index contributed by atoms with van der Waals surface area (Å²) in [5.74, 6) is -0.525. The van der Waals surface area contributed by atoms with Gasteiger partial charge in [0.15, 0.2) is 0 Å². The average Bonchev–Trinajstić information content (AvgIpc) is 2.04. The second-order valence-electron chi connectivity index (χ2n) is 1.90. The highest BCUT2D eigenvalue weighted by molar-refractivity contribution is 6.61. The number of carbonyl (C=O) groups excluding carboxylic acids is 1. The Balaban J connectivity index is 4.06. The quantitative estimate of drug-likeness (QED) is 0.464. The monoisotopic (exact) mass is 176 g/mol. The van der Waals surface area contributed by atoms with Gasteiger partial charge >= 0.3 is 14.8 Å². The van der Waals surface area contributed by atoms with Gasteiger partial charge < -0.3 is 13.3 Å². The van der Waals surface area contributed by atoms with Crippen molar-refractivity contribution in [3.8, 4) is 0 Å². The summed E-state index contributed by atoms with van der Waals surface area (Å²) in [6, 6.07) is 0. The lowest BCUT2D eigenvalue weighted by molar-refractivity contribution is -0.133. The van der Waals surface area contributed by atoms with Crippen LogP contribution in [0.3, 0.4) is 0 Å². The Bertz CT molecular complexity index is 153. The zero-order valence-electron chi connectivity index (χ0n) is 6.92. The van der Waals surface area contributed by atoms with Gasteiger partial charge in [-0.3, -0.25) is 0 Å². The maximum atomic E-state index is 10.7. The second-order valence-corrected chi connectivity index (χ2v) is 4.64. The topological polar surface area (TPSA) is 44.8 Å². The molecule has 0 rings (SSSR count). The average molecular weight is 176 g/mol. The third-order valence-corrected chi connectivity index (χ3v) is 3.25. The standard InChI is InChI=1S/C6H12O4Si/c1-5-6(7)10-11(4,8-2)9-3/h5H,1H2,2-4H3. The number of hydrogen-bond acceptors (Lipinski definition) is 4. The lowest BCUT2D eigenvalue weighted by Crippen LogP contribution is -2.41. The summed E-state index contributed by atoms with van der Waals surface area (Å²) in [4.78, 5) is 10.7. The molecule has 0 aliphatic carbocycles. The highest BCUT2D eigenvalue weighted by atomic mass is 28.4. The van der Waals surface area contributed by atoms with Gasteiger partial charge in [0.2, 0.25) is 0 Å². The predicted octanol–water partition coefficient (Wildman–Crippen LogP) is 0.577. The molecule has 0 unspecified atom stereocenters. The summed E-state index contributed by atoms with van der Waals surface area (Å²) < 4.78 is 14.6. The molecule has 0 aromatic rings. The number of rotatable bonds is 4. The summed E-state index contributed by atoms with van der Waals surface area (Å²) in [5.41, 5.74) is 0. The lowest BCUT2D eigenvalue weighted by Gasteiger charge is -2.20. The summed E-state index contributed by atoms with van der Waals surface area (Å²) in [6.07, 6.45) is 1.07. The number of hydrogen-bond donors (Lipinski definition) is 0. The Hall–Kier alpha value is -0.653. The molecule has 0 saturated heterocycles. The first-order valence-electron chi connectivity index (χ1n) is 3.03. The fraction of sp³-hybridized carbons (Fsp3) is 0.500. The molecule has 0 heterocycles. The lowest BCUT2D eigenvalue weighted by atomic mass is 10.7. The molecule has 4 nitrogen and oxygen atoms in total. The molecule has 0 fully saturated rings. The normalized spacial score (nSPS) is 10.8. The van der Waals surface area contributed by atoms with E-state index in [-0.39, 0.29) is 0 Å². The van der Waals surface area contributed by atoms with Crippen LogP contribution in [0.5, 0.6) is 0 Å². The van der Waals surface area contributed by atoms with E-state index in [2.05, 4.69) is 6.58 Å². The zero-order chi connectivity index (χ0) is 8.91. The highest BCUT2D eigenvalue weighted by Crippen LogP contribution is 2.06. The van der Waals surface area contributed by atoms with E-state index in [0.29, 0.717) is 0 Å². The largest absolute Gasteiger partial charge is 0.564 e. The second kappa shape index (κ2) is 4.27. The fourth-order valence-electron chi connectivity index (χ4n) is 0.391. The molecule has 0 saturated carbocycles. The molecule has 0 aromatic carbocycles. The molecule has 0 bridgehead atoms. The first-order valence-corrected chi connectivity index (χ1v) is 5.26. The van der Waals surface area contributed by atoms with Crippen LogP contribution in [0.4, 0.5) is 0 Å². The van der Waals surface area contributed by atoms with Crippen LogP contribution < -0.4 is 0 Å². The predicted molar refractivity (Wildman–Crippen MR) is 41.9 cm³/mol. The number of carbonyl (C=O) groups is 1.